The Balaban J connectivity index is 1.86. The van der Waals surface area contributed by atoms with E-state index in [4.69, 9.17) is 18.9 Å². The number of aryl methyl sites for hydroxylation is 1. The number of hydrogen-bond donors (Lipinski definition) is 0. The highest BCUT2D eigenvalue weighted by Gasteiger charge is 2.40. The van der Waals surface area contributed by atoms with E-state index in [1.165, 1.54) is 19.1 Å². The van der Waals surface area contributed by atoms with Gasteiger partial charge in [-0.15, -0.1) is 0 Å². The predicted octanol–water partition coefficient (Wildman–Crippen LogP) is 2.62. The number of benzene rings is 2. The molecule has 0 saturated carbocycles. The molecule has 0 bridgehead atoms. The number of amides is 1. The summed E-state index contributed by atoms with van der Waals surface area (Å²) in [7, 11) is 7.48. The third-order valence-corrected chi connectivity index (χ3v) is 7.07. The Labute approximate surface area is 218 Å². The molecule has 0 N–H and O–H groups in total. The van der Waals surface area contributed by atoms with E-state index >= 15 is 0 Å². The summed E-state index contributed by atoms with van der Waals surface area (Å²) in [4.78, 5) is 42.5. The lowest BCUT2D eigenvalue weighted by atomic mass is 9.92. The van der Waals surface area contributed by atoms with Gasteiger partial charge in [0.25, 0.3) is 0 Å². The number of likely N-dealkylation sites (N-methyl/N-ethyl adjacent to an activating group) is 1. The predicted molar refractivity (Wildman–Crippen MR) is 137 cm³/mol. The molecule has 0 unspecified atom stereocenters. The normalized spacial score (nSPS) is 16.4. The second-order valence-corrected chi connectivity index (χ2v) is 9.09. The van der Waals surface area contributed by atoms with Crippen LogP contribution in [-0.4, -0.2) is 81.3 Å². The second-order valence-electron chi connectivity index (χ2n) is 9.09. The number of carbonyl (C=O) groups is 3. The molecule has 0 spiro atoms. The zero-order valence-corrected chi connectivity index (χ0v) is 22.4. The highest BCUT2D eigenvalue weighted by molar-refractivity contribution is 5.89. The third kappa shape index (κ3) is 6.22. The van der Waals surface area contributed by atoms with Gasteiger partial charge in [-0.25, -0.2) is 4.79 Å². The van der Waals surface area contributed by atoms with Gasteiger partial charge in [0.15, 0.2) is 11.5 Å². The molecule has 0 fully saturated rings. The summed E-state index contributed by atoms with van der Waals surface area (Å²) in [5, 5.41) is 0. The first-order valence-electron chi connectivity index (χ1n) is 12.2. The zero-order valence-electron chi connectivity index (χ0n) is 22.4. The van der Waals surface area contributed by atoms with Crippen molar-refractivity contribution >= 4 is 17.8 Å². The van der Waals surface area contributed by atoms with Crippen LogP contribution in [0.2, 0.25) is 0 Å². The molecular formula is C28H36N2O7. The Morgan fingerprint density at radius 2 is 1.59 bits per heavy atom. The van der Waals surface area contributed by atoms with Gasteiger partial charge >= 0.3 is 11.9 Å². The number of rotatable bonds is 10. The number of esters is 2. The zero-order chi connectivity index (χ0) is 27.1. The van der Waals surface area contributed by atoms with Crippen molar-refractivity contribution in [2.45, 2.75) is 50.9 Å². The molecule has 2 aromatic rings. The van der Waals surface area contributed by atoms with E-state index in [0.29, 0.717) is 24.3 Å². The van der Waals surface area contributed by atoms with Crippen LogP contribution in [0.5, 0.6) is 11.5 Å². The standard InChI is InChI=1S/C28H36N2O7/c1-18(29(2)22(27(32)36-5)13-12-19-10-8-7-9-11-19)26(31)30-17-21-16-25(35-4)24(34-3)15-20(21)14-23(30)28(33)37-6/h7-11,15-16,18,22-23H,12-14,17H2,1-6H3/t18-,22-,23-/m0/s1. The van der Waals surface area contributed by atoms with Crippen LogP contribution in [0.1, 0.15) is 30.0 Å². The second kappa shape index (κ2) is 12.6. The quantitative estimate of drug-likeness (QED) is 0.449. The average Bonchev–Trinajstić information content (AvgIpc) is 2.94. The molecule has 9 heteroatoms. The Kier molecular flexibility index (Phi) is 9.52. The maximum Gasteiger partial charge on any atom is 0.328 e. The molecule has 0 radical (unpaired) electrons. The van der Waals surface area contributed by atoms with Crippen LogP contribution >= 0.6 is 0 Å². The number of fused-ring (bicyclic) bond motifs is 1. The third-order valence-electron chi connectivity index (χ3n) is 7.07. The van der Waals surface area contributed by atoms with Crippen molar-refractivity contribution in [3.8, 4) is 11.5 Å². The minimum absolute atomic E-state index is 0.194. The topological polar surface area (TPSA) is 94.6 Å². The van der Waals surface area contributed by atoms with Crippen molar-refractivity contribution < 1.29 is 33.3 Å². The molecule has 9 nitrogen and oxygen atoms in total. The van der Waals surface area contributed by atoms with Gasteiger partial charge in [0.05, 0.1) is 34.5 Å². The van der Waals surface area contributed by atoms with Gasteiger partial charge in [-0.05, 0) is 55.6 Å². The van der Waals surface area contributed by atoms with Gasteiger partial charge in [0.2, 0.25) is 5.91 Å². The van der Waals surface area contributed by atoms with E-state index in [-0.39, 0.29) is 18.9 Å². The smallest absolute Gasteiger partial charge is 0.328 e. The molecule has 1 aliphatic rings. The number of ether oxygens (including phenoxy) is 4. The Morgan fingerprint density at radius 1 is 0.973 bits per heavy atom. The molecule has 0 saturated heterocycles. The van der Waals surface area contributed by atoms with Crippen molar-refractivity contribution in [3.05, 3.63) is 59.2 Å². The fourth-order valence-corrected chi connectivity index (χ4v) is 4.75. The summed E-state index contributed by atoms with van der Waals surface area (Å²) in [6.07, 6.45) is 1.40. The number of carbonyl (C=O) groups excluding carboxylic acids is 3. The van der Waals surface area contributed by atoms with Crippen LogP contribution in [0.25, 0.3) is 0 Å². The minimum atomic E-state index is -0.806. The van der Waals surface area contributed by atoms with Gasteiger partial charge in [0, 0.05) is 13.0 Å². The van der Waals surface area contributed by atoms with Gasteiger partial charge < -0.3 is 23.8 Å². The maximum atomic E-state index is 13.8. The van der Waals surface area contributed by atoms with Crippen molar-refractivity contribution in [2.75, 3.05) is 35.5 Å². The largest absolute Gasteiger partial charge is 0.493 e. The van der Waals surface area contributed by atoms with Gasteiger partial charge in [-0.1, -0.05) is 30.3 Å². The molecule has 2 aromatic carbocycles. The van der Waals surface area contributed by atoms with Crippen molar-refractivity contribution in [1.29, 1.82) is 0 Å². The molecule has 1 amide bonds. The highest BCUT2D eigenvalue weighted by Crippen LogP contribution is 2.35. The summed E-state index contributed by atoms with van der Waals surface area (Å²) < 4.78 is 20.9. The first-order chi connectivity index (χ1) is 17.7. The minimum Gasteiger partial charge on any atom is -0.493 e. The van der Waals surface area contributed by atoms with Gasteiger partial charge in [-0.2, -0.15) is 0 Å². The SMILES string of the molecule is COC(=O)[C@@H]1Cc2cc(OC)c(OC)cc2CN1C(=O)[C@H](C)N(C)[C@@H](CCc1ccccc1)C(=O)OC. The Morgan fingerprint density at radius 3 is 2.16 bits per heavy atom. The highest BCUT2D eigenvalue weighted by atomic mass is 16.5. The first-order valence-corrected chi connectivity index (χ1v) is 12.2. The molecule has 1 heterocycles. The number of methoxy groups -OCH3 is 4. The van der Waals surface area contributed by atoms with Crippen molar-refractivity contribution in [3.63, 3.8) is 0 Å². The van der Waals surface area contributed by atoms with Crippen LogP contribution in [0.3, 0.4) is 0 Å². The molecular weight excluding hydrogens is 476 g/mol. The van der Waals surface area contributed by atoms with Crippen molar-refractivity contribution in [1.82, 2.24) is 9.80 Å². The summed E-state index contributed by atoms with van der Waals surface area (Å²) >= 11 is 0. The van der Waals surface area contributed by atoms with Crippen LogP contribution in [0, 0.1) is 0 Å². The van der Waals surface area contributed by atoms with Crippen LogP contribution in [0.4, 0.5) is 0 Å². The van der Waals surface area contributed by atoms with E-state index in [0.717, 1.165) is 16.7 Å². The molecule has 0 aliphatic carbocycles. The van der Waals surface area contributed by atoms with Gasteiger partial charge in [0.1, 0.15) is 12.1 Å². The molecule has 3 atom stereocenters. The summed E-state index contributed by atoms with van der Waals surface area (Å²) in [6, 6.07) is 11.3. The summed E-state index contributed by atoms with van der Waals surface area (Å²) in [5.74, 6) is -0.105. The average molecular weight is 513 g/mol. The van der Waals surface area contributed by atoms with E-state index in [2.05, 4.69) is 0 Å². The Hall–Kier alpha value is -3.59. The van der Waals surface area contributed by atoms with E-state index in [9.17, 15) is 14.4 Å². The fourth-order valence-electron chi connectivity index (χ4n) is 4.75. The van der Waals surface area contributed by atoms with E-state index in [1.807, 2.05) is 42.5 Å². The molecule has 200 valence electrons. The molecule has 1 aliphatic heterocycles. The van der Waals surface area contributed by atoms with Crippen LogP contribution in [0.15, 0.2) is 42.5 Å². The lowest BCUT2D eigenvalue weighted by Gasteiger charge is -2.39. The lowest BCUT2D eigenvalue weighted by Crippen LogP contribution is -2.57. The monoisotopic (exact) mass is 512 g/mol. The first kappa shape index (κ1) is 28.0. The lowest BCUT2D eigenvalue weighted by molar-refractivity contribution is -0.158. The maximum absolute atomic E-state index is 13.8. The van der Waals surface area contributed by atoms with Gasteiger partial charge in [-0.3, -0.25) is 14.5 Å². The fraction of sp³-hybridized carbons (Fsp3) is 0.464. The molecule has 0 aromatic heterocycles. The number of nitrogens with zero attached hydrogens (tertiary/aromatic N) is 2. The number of hydrogen-bond acceptors (Lipinski definition) is 8. The van der Waals surface area contributed by atoms with Crippen molar-refractivity contribution in [2.24, 2.45) is 0 Å². The molecule has 3 rings (SSSR count). The van der Waals surface area contributed by atoms with Crippen LogP contribution < -0.4 is 9.47 Å². The Bertz CT molecular complexity index is 1110. The molecule has 37 heavy (non-hydrogen) atoms. The summed E-state index contributed by atoms with van der Waals surface area (Å²) in [5.41, 5.74) is 2.83. The van der Waals surface area contributed by atoms with Crippen LogP contribution in [-0.2, 0) is 43.2 Å². The summed E-state index contributed by atoms with van der Waals surface area (Å²) in [6.45, 7) is 1.93. The van der Waals surface area contributed by atoms with E-state index < -0.39 is 30.1 Å². The van der Waals surface area contributed by atoms with E-state index in [1.54, 1.807) is 33.1 Å².